The Balaban J connectivity index is 0.000000394. The third kappa shape index (κ3) is 9.00. The molecular formula is C58H40IrN2-2. The molecule has 0 bridgehead atoms. The molecule has 0 atom stereocenters. The molecule has 0 amide bonds. The van der Waals surface area contributed by atoms with Crippen LogP contribution in [0, 0.1) is 12.1 Å². The molecule has 0 saturated carbocycles. The van der Waals surface area contributed by atoms with Crippen molar-refractivity contribution in [3.63, 3.8) is 0 Å². The van der Waals surface area contributed by atoms with Gasteiger partial charge in [0.2, 0.25) is 0 Å². The molecule has 10 aromatic rings. The molecular weight excluding hydrogens is 917 g/mol. The fourth-order valence-electron chi connectivity index (χ4n) is 7.60. The van der Waals surface area contributed by atoms with Crippen molar-refractivity contribution in [2.45, 2.75) is 0 Å². The van der Waals surface area contributed by atoms with Crippen molar-refractivity contribution >= 4 is 0 Å². The molecule has 0 unspecified atom stereocenters. The van der Waals surface area contributed by atoms with Crippen molar-refractivity contribution in [1.29, 1.82) is 0 Å². The van der Waals surface area contributed by atoms with Gasteiger partial charge in [0.15, 0.2) is 0 Å². The smallest absolute Gasteiger partial charge is 0.0629 e. The van der Waals surface area contributed by atoms with Crippen LogP contribution in [0.4, 0.5) is 0 Å². The van der Waals surface area contributed by atoms with Gasteiger partial charge in [0.25, 0.3) is 0 Å². The average molecular weight is 962 g/mol. The molecule has 61 heavy (non-hydrogen) atoms. The molecule has 0 N–H and O–H groups in total. The molecule has 0 aliphatic carbocycles. The van der Waals surface area contributed by atoms with E-state index in [0.717, 1.165) is 78.1 Å². The SMILES string of the molecule is [2H]c1c([2H])c([2H])c(-c2c(-c3ccccc3)c(-c3ccccc3)c(-c3ccccc3)c(-c3ccccc3)c2-c2cc[c-]c(-c3ccccn3)c2)c([2H])c1[2H].[Ir].[c-]1ccccc1-c1ccccn1. The summed E-state index contributed by atoms with van der Waals surface area (Å²) in [5, 5.41) is 0. The zero-order valence-corrected chi connectivity index (χ0v) is 35.3. The summed E-state index contributed by atoms with van der Waals surface area (Å²) in [5.41, 5.74) is 12.9. The molecule has 2 heterocycles. The summed E-state index contributed by atoms with van der Waals surface area (Å²) in [6.45, 7) is 0. The van der Waals surface area contributed by atoms with E-state index in [9.17, 15) is 2.74 Å². The van der Waals surface area contributed by atoms with Gasteiger partial charge in [-0.05, 0) is 84.7 Å². The van der Waals surface area contributed by atoms with E-state index >= 15 is 0 Å². The van der Waals surface area contributed by atoms with Crippen molar-refractivity contribution in [3.8, 4) is 89.3 Å². The van der Waals surface area contributed by atoms with Crippen LogP contribution < -0.4 is 0 Å². The predicted octanol–water partition coefficient (Wildman–Crippen LogP) is 15.1. The van der Waals surface area contributed by atoms with Crippen LogP contribution in [-0.4, -0.2) is 9.97 Å². The molecule has 0 fully saturated rings. The quantitative estimate of drug-likeness (QED) is 0.142. The number of benzene rings is 8. The summed E-state index contributed by atoms with van der Waals surface area (Å²) in [6.07, 6.45) is 3.54. The van der Waals surface area contributed by atoms with Gasteiger partial charge in [-0.2, -0.15) is 0 Å². The second kappa shape index (κ2) is 19.6. The van der Waals surface area contributed by atoms with Crippen LogP contribution in [0.25, 0.3) is 89.3 Å². The van der Waals surface area contributed by atoms with Gasteiger partial charge in [-0.3, -0.25) is 0 Å². The maximum atomic E-state index is 9.45. The maximum Gasteiger partial charge on any atom is 0.0629 e. The van der Waals surface area contributed by atoms with E-state index in [1.54, 1.807) is 12.4 Å². The normalized spacial score (nSPS) is 11.6. The molecule has 2 nitrogen and oxygen atoms in total. The van der Waals surface area contributed by atoms with Gasteiger partial charge in [0.1, 0.15) is 0 Å². The van der Waals surface area contributed by atoms with Crippen LogP contribution in [0.15, 0.2) is 243 Å². The third-order valence-corrected chi connectivity index (χ3v) is 10.2. The Bertz CT molecular complexity index is 3150. The van der Waals surface area contributed by atoms with Crippen molar-refractivity contribution in [3.05, 3.63) is 255 Å². The molecule has 0 aliphatic heterocycles. The first-order valence-electron chi connectivity index (χ1n) is 22.2. The van der Waals surface area contributed by atoms with Crippen molar-refractivity contribution in [1.82, 2.24) is 9.97 Å². The third-order valence-electron chi connectivity index (χ3n) is 10.2. The minimum absolute atomic E-state index is 0. The molecule has 10 rings (SSSR count). The van der Waals surface area contributed by atoms with Gasteiger partial charge in [-0.25, -0.2) is 0 Å². The fraction of sp³-hybridized carbons (Fsp3) is 0. The van der Waals surface area contributed by atoms with Crippen molar-refractivity contribution in [2.75, 3.05) is 0 Å². The van der Waals surface area contributed by atoms with Crippen molar-refractivity contribution < 1.29 is 27.0 Å². The zero-order valence-electron chi connectivity index (χ0n) is 37.9. The monoisotopic (exact) mass is 962 g/mol. The largest absolute Gasteiger partial charge is 0.305 e. The van der Waals surface area contributed by atoms with Crippen LogP contribution in [0.2, 0.25) is 0 Å². The Kier molecular flexibility index (Phi) is 11.1. The first kappa shape index (κ1) is 34.6. The Morgan fingerprint density at radius 2 is 0.721 bits per heavy atom. The summed E-state index contributed by atoms with van der Waals surface area (Å²) in [7, 11) is 0. The van der Waals surface area contributed by atoms with Gasteiger partial charge in [-0.1, -0.05) is 181 Å². The molecule has 0 saturated heterocycles. The summed E-state index contributed by atoms with van der Waals surface area (Å²) < 4.78 is 45.2. The molecule has 293 valence electrons. The number of rotatable bonds is 8. The molecule has 0 aliphatic rings. The molecule has 2 aromatic heterocycles. The molecule has 0 spiro atoms. The van der Waals surface area contributed by atoms with Crippen LogP contribution in [0.3, 0.4) is 0 Å². The first-order chi connectivity index (χ1) is 31.9. The van der Waals surface area contributed by atoms with E-state index in [2.05, 4.69) is 58.5 Å². The van der Waals surface area contributed by atoms with E-state index in [1.807, 2.05) is 164 Å². The number of nitrogens with zero attached hydrogens (tertiary/aromatic N) is 2. The summed E-state index contributed by atoms with van der Waals surface area (Å²) in [6, 6.07) is 70.6. The number of pyridine rings is 2. The van der Waals surface area contributed by atoms with E-state index < -0.39 is 18.1 Å². The van der Waals surface area contributed by atoms with Crippen LogP contribution in [0.1, 0.15) is 6.85 Å². The van der Waals surface area contributed by atoms with Gasteiger partial charge in [0, 0.05) is 32.5 Å². The Morgan fingerprint density at radius 1 is 0.328 bits per heavy atom. The minimum Gasteiger partial charge on any atom is -0.305 e. The maximum absolute atomic E-state index is 9.45. The summed E-state index contributed by atoms with van der Waals surface area (Å²) in [5.74, 6) is 0. The summed E-state index contributed by atoms with van der Waals surface area (Å²) >= 11 is 0. The van der Waals surface area contributed by atoms with E-state index in [4.69, 9.17) is 4.11 Å². The standard InChI is InChI=1S/C47H32N.C11H8N.Ir/c1-6-19-34(20-7-1)42-43(35-21-8-2-9-22-35)45(37-25-12-4-13-26-37)47(40-30-18-29-39(33-40)41-31-16-17-32-48-41)46(38-27-14-5-15-28-38)44(42)36-23-10-3-11-24-36;1-2-6-10(7-3-1)11-8-4-5-9-12-11;/h1-28,30-33H;1-6,8-9H;/q2*-1;/i4D,12D,13D,25D,26D;;. The van der Waals surface area contributed by atoms with E-state index in [0.29, 0.717) is 5.56 Å². The first-order valence-corrected chi connectivity index (χ1v) is 19.7. The topological polar surface area (TPSA) is 25.8 Å². The second-order valence-electron chi connectivity index (χ2n) is 13.9. The van der Waals surface area contributed by atoms with E-state index in [-0.39, 0.29) is 37.8 Å². The second-order valence-corrected chi connectivity index (χ2v) is 13.9. The number of hydrogen-bond acceptors (Lipinski definition) is 2. The van der Waals surface area contributed by atoms with Gasteiger partial charge in [-0.15, -0.1) is 65.7 Å². The van der Waals surface area contributed by atoms with Crippen molar-refractivity contribution in [2.24, 2.45) is 0 Å². The van der Waals surface area contributed by atoms with Crippen LogP contribution in [-0.2, 0) is 20.1 Å². The Hall–Kier alpha value is -7.29. The Morgan fingerprint density at radius 3 is 1.15 bits per heavy atom. The predicted molar refractivity (Wildman–Crippen MR) is 250 cm³/mol. The average Bonchev–Trinajstić information content (AvgIpc) is 3.39. The fourth-order valence-corrected chi connectivity index (χ4v) is 7.60. The van der Waals surface area contributed by atoms with E-state index in [1.165, 1.54) is 0 Å². The minimum atomic E-state index is -0.439. The molecule has 8 aromatic carbocycles. The number of hydrogen-bond donors (Lipinski definition) is 0. The van der Waals surface area contributed by atoms with Gasteiger partial charge >= 0.3 is 0 Å². The zero-order chi connectivity index (χ0) is 44.7. The van der Waals surface area contributed by atoms with Crippen LogP contribution in [0.5, 0.6) is 0 Å². The molecule has 3 heteroatoms. The summed E-state index contributed by atoms with van der Waals surface area (Å²) in [4.78, 5) is 8.85. The molecule has 1 radical (unpaired) electrons. The van der Waals surface area contributed by atoms with Crippen LogP contribution >= 0.6 is 0 Å². The van der Waals surface area contributed by atoms with Gasteiger partial charge < -0.3 is 9.97 Å². The number of aromatic nitrogens is 2. The van der Waals surface area contributed by atoms with Gasteiger partial charge in [0.05, 0.1) is 6.85 Å². The Labute approximate surface area is 379 Å².